The molecule has 1 aromatic heterocycles. The van der Waals surface area contributed by atoms with Crippen LogP contribution in [0.4, 0.5) is 13.2 Å². The minimum Gasteiger partial charge on any atom is -0.323 e. The summed E-state index contributed by atoms with van der Waals surface area (Å²) in [6, 6.07) is 0.409. The number of thiazole rings is 1. The number of nitrogens with zero attached hydrogens (tertiary/aromatic N) is 1. The zero-order valence-electron chi connectivity index (χ0n) is 8.66. The normalized spacial score (nSPS) is 12.7. The first kappa shape index (κ1) is 12.1. The van der Waals surface area contributed by atoms with E-state index in [0.717, 1.165) is 4.88 Å². The Morgan fingerprint density at radius 1 is 1.24 bits per heavy atom. The Morgan fingerprint density at radius 3 is 2.41 bits per heavy atom. The van der Waals surface area contributed by atoms with Gasteiger partial charge in [0.1, 0.15) is 17.5 Å². The Morgan fingerprint density at radius 2 is 1.88 bits per heavy atom. The Balaban J connectivity index is 2.27. The summed E-state index contributed by atoms with van der Waals surface area (Å²) in [7, 11) is 0. The molecule has 1 atom stereocenters. The molecule has 0 spiro atoms. The molecule has 2 nitrogen and oxygen atoms in total. The highest BCUT2D eigenvalue weighted by Gasteiger charge is 2.19. The van der Waals surface area contributed by atoms with Gasteiger partial charge in [0.05, 0.1) is 5.51 Å². The molecular weight excluding hydrogens is 249 g/mol. The fraction of sp³-hybridized carbons (Fsp3) is 0.182. The topological polar surface area (TPSA) is 38.9 Å². The molecule has 1 aromatic carbocycles. The number of rotatable bonds is 3. The highest BCUT2D eigenvalue weighted by atomic mass is 32.1. The van der Waals surface area contributed by atoms with Gasteiger partial charge in [-0.1, -0.05) is 0 Å². The van der Waals surface area contributed by atoms with E-state index in [1.54, 1.807) is 11.7 Å². The second-order valence-corrected chi connectivity index (χ2v) is 4.53. The highest BCUT2D eigenvalue weighted by Crippen LogP contribution is 2.24. The first-order chi connectivity index (χ1) is 8.08. The van der Waals surface area contributed by atoms with Crippen LogP contribution in [0.2, 0.25) is 0 Å². The van der Waals surface area contributed by atoms with Gasteiger partial charge in [0, 0.05) is 41.2 Å². The smallest absolute Gasteiger partial charge is 0.133 e. The van der Waals surface area contributed by atoms with Crippen molar-refractivity contribution in [3.05, 3.63) is 51.7 Å². The lowest BCUT2D eigenvalue weighted by Crippen LogP contribution is -2.16. The predicted octanol–water partition coefficient (Wildman–Crippen LogP) is 2.80. The molecule has 2 N–H and O–H groups in total. The quantitative estimate of drug-likeness (QED) is 0.919. The van der Waals surface area contributed by atoms with Gasteiger partial charge in [-0.25, -0.2) is 13.2 Å². The van der Waals surface area contributed by atoms with Crippen LogP contribution < -0.4 is 5.73 Å². The molecule has 90 valence electrons. The van der Waals surface area contributed by atoms with Crippen molar-refractivity contribution < 1.29 is 13.2 Å². The Kier molecular flexibility index (Phi) is 3.44. The van der Waals surface area contributed by atoms with E-state index >= 15 is 0 Å². The first-order valence-electron chi connectivity index (χ1n) is 4.85. The molecule has 1 heterocycles. The van der Waals surface area contributed by atoms with Crippen LogP contribution in [-0.2, 0) is 6.42 Å². The summed E-state index contributed by atoms with van der Waals surface area (Å²) >= 11 is 1.35. The summed E-state index contributed by atoms with van der Waals surface area (Å²) in [6.07, 6.45) is 1.86. The molecule has 0 aliphatic carbocycles. The number of halogens is 3. The van der Waals surface area contributed by atoms with E-state index in [1.165, 1.54) is 11.3 Å². The first-order valence-corrected chi connectivity index (χ1v) is 5.73. The fourth-order valence-corrected chi connectivity index (χ4v) is 2.22. The SMILES string of the molecule is NC(Cc1cncs1)c1c(F)cc(F)cc1F. The van der Waals surface area contributed by atoms with E-state index in [0.29, 0.717) is 12.1 Å². The van der Waals surface area contributed by atoms with Crippen molar-refractivity contribution in [2.45, 2.75) is 12.5 Å². The third-order valence-corrected chi connectivity index (χ3v) is 3.12. The molecule has 0 amide bonds. The van der Waals surface area contributed by atoms with E-state index in [-0.39, 0.29) is 12.0 Å². The molecule has 0 fully saturated rings. The van der Waals surface area contributed by atoms with Crippen molar-refractivity contribution in [2.24, 2.45) is 5.73 Å². The summed E-state index contributed by atoms with van der Waals surface area (Å²) < 4.78 is 39.6. The predicted molar refractivity (Wildman–Crippen MR) is 59.1 cm³/mol. The minimum atomic E-state index is -0.959. The Labute approximate surface area is 99.9 Å². The number of aromatic nitrogens is 1. The molecule has 2 rings (SSSR count). The van der Waals surface area contributed by atoms with Gasteiger partial charge in [-0.3, -0.25) is 4.98 Å². The molecule has 0 aliphatic rings. The number of benzene rings is 1. The van der Waals surface area contributed by atoms with Crippen molar-refractivity contribution in [3.8, 4) is 0 Å². The van der Waals surface area contributed by atoms with Gasteiger partial charge in [0.15, 0.2) is 0 Å². The van der Waals surface area contributed by atoms with Crippen molar-refractivity contribution in [1.82, 2.24) is 4.98 Å². The second kappa shape index (κ2) is 4.85. The molecular formula is C11H9F3N2S. The largest absolute Gasteiger partial charge is 0.323 e. The summed E-state index contributed by atoms with van der Waals surface area (Å²) in [5, 5.41) is 0. The Hall–Kier alpha value is -1.40. The third-order valence-electron chi connectivity index (χ3n) is 2.32. The maximum Gasteiger partial charge on any atom is 0.133 e. The van der Waals surface area contributed by atoms with E-state index in [4.69, 9.17) is 5.73 Å². The molecule has 0 bridgehead atoms. The van der Waals surface area contributed by atoms with Gasteiger partial charge < -0.3 is 5.73 Å². The molecule has 1 unspecified atom stereocenters. The highest BCUT2D eigenvalue weighted by molar-refractivity contribution is 7.09. The zero-order valence-corrected chi connectivity index (χ0v) is 9.48. The monoisotopic (exact) mass is 258 g/mol. The fourth-order valence-electron chi connectivity index (χ4n) is 1.57. The van der Waals surface area contributed by atoms with Crippen LogP contribution in [0, 0.1) is 17.5 Å². The van der Waals surface area contributed by atoms with E-state index in [1.807, 2.05) is 0 Å². The van der Waals surface area contributed by atoms with Gasteiger partial charge in [0.2, 0.25) is 0 Å². The summed E-state index contributed by atoms with van der Waals surface area (Å²) in [5.74, 6) is -2.87. The zero-order chi connectivity index (χ0) is 12.4. The van der Waals surface area contributed by atoms with Crippen LogP contribution >= 0.6 is 11.3 Å². The van der Waals surface area contributed by atoms with Gasteiger partial charge in [0.25, 0.3) is 0 Å². The molecule has 6 heteroatoms. The van der Waals surface area contributed by atoms with Crippen LogP contribution in [0.25, 0.3) is 0 Å². The van der Waals surface area contributed by atoms with Crippen LogP contribution in [0.3, 0.4) is 0 Å². The molecule has 2 aromatic rings. The lowest BCUT2D eigenvalue weighted by molar-refractivity contribution is 0.502. The summed E-state index contributed by atoms with van der Waals surface area (Å²) in [5.41, 5.74) is 7.03. The van der Waals surface area contributed by atoms with Crippen molar-refractivity contribution in [1.29, 1.82) is 0 Å². The molecule has 0 saturated heterocycles. The van der Waals surface area contributed by atoms with E-state index < -0.39 is 23.5 Å². The molecule has 0 radical (unpaired) electrons. The average Bonchev–Trinajstić information content (AvgIpc) is 2.68. The Bertz CT molecular complexity index is 490. The standard InChI is InChI=1S/C11H9F3N2S/c12-6-1-8(13)11(9(14)2-6)10(15)3-7-4-16-5-17-7/h1-2,4-5,10H,3,15H2. The lowest BCUT2D eigenvalue weighted by atomic mass is 10.0. The van der Waals surface area contributed by atoms with Gasteiger partial charge in [-0.15, -0.1) is 11.3 Å². The molecule has 0 saturated carbocycles. The molecule has 17 heavy (non-hydrogen) atoms. The van der Waals surface area contributed by atoms with Crippen LogP contribution in [-0.4, -0.2) is 4.98 Å². The number of hydrogen-bond donors (Lipinski definition) is 1. The van der Waals surface area contributed by atoms with Crippen LogP contribution in [0.15, 0.2) is 23.8 Å². The molecule has 0 aliphatic heterocycles. The van der Waals surface area contributed by atoms with Crippen molar-refractivity contribution in [2.75, 3.05) is 0 Å². The summed E-state index contributed by atoms with van der Waals surface area (Å²) in [6.45, 7) is 0. The van der Waals surface area contributed by atoms with Gasteiger partial charge in [-0.05, 0) is 0 Å². The maximum atomic E-state index is 13.4. The lowest BCUT2D eigenvalue weighted by Gasteiger charge is -2.12. The van der Waals surface area contributed by atoms with E-state index in [9.17, 15) is 13.2 Å². The van der Waals surface area contributed by atoms with Crippen molar-refractivity contribution in [3.63, 3.8) is 0 Å². The summed E-state index contributed by atoms with van der Waals surface area (Å²) in [4.78, 5) is 4.66. The van der Waals surface area contributed by atoms with E-state index in [2.05, 4.69) is 4.98 Å². The average molecular weight is 258 g/mol. The van der Waals surface area contributed by atoms with Gasteiger partial charge in [-0.2, -0.15) is 0 Å². The minimum absolute atomic E-state index is 0.268. The number of nitrogens with two attached hydrogens (primary N) is 1. The van der Waals surface area contributed by atoms with Crippen molar-refractivity contribution >= 4 is 11.3 Å². The van der Waals surface area contributed by atoms with Crippen LogP contribution in [0.5, 0.6) is 0 Å². The number of hydrogen-bond acceptors (Lipinski definition) is 3. The second-order valence-electron chi connectivity index (χ2n) is 3.56. The maximum absolute atomic E-state index is 13.4. The van der Waals surface area contributed by atoms with Gasteiger partial charge >= 0.3 is 0 Å². The third kappa shape index (κ3) is 2.65. The van der Waals surface area contributed by atoms with Crippen LogP contribution in [0.1, 0.15) is 16.5 Å².